The molecule has 1 aromatic carbocycles. The van der Waals surface area contributed by atoms with Crippen molar-refractivity contribution < 1.29 is 9.34 Å². The molecule has 4 aromatic rings. The lowest BCUT2D eigenvalue weighted by Crippen LogP contribution is -1.92. The van der Waals surface area contributed by atoms with Crippen LogP contribution < -0.4 is 0 Å². The number of non-ortho nitro benzene ring substituents is 1. The first-order valence-corrected chi connectivity index (χ1v) is 10.2. The highest BCUT2D eigenvalue weighted by Crippen LogP contribution is 2.36. The highest BCUT2D eigenvalue weighted by molar-refractivity contribution is 7.98. The summed E-state index contributed by atoms with van der Waals surface area (Å²) in [5.41, 5.74) is 1.85. The second kappa shape index (κ2) is 7.28. The summed E-state index contributed by atoms with van der Waals surface area (Å²) in [4.78, 5) is 21.6. The van der Waals surface area contributed by atoms with E-state index in [1.807, 2.05) is 6.92 Å². The van der Waals surface area contributed by atoms with Crippen molar-refractivity contribution in [2.24, 2.45) is 0 Å². The molecule has 4 rings (SSSR count). The molecule has 0 spiro atoms. The van der Waals surface area contributed by atoms with E-state index < -0.39 is 4.92 Å². The number of aromatic nitrogens is 4. The van der Waals surface area contributed by atoms with Crippen LogP contribution in [0.1, 0.15) is 22.2 Å². The van der Waals surface area contributed by atoms with Gasteiger partial charge >= 0.3 is 0 Å². The van der Waals surface area contributed by atoms with E-state index in [9.17, 15) is 10.1 Å². The molecule has 0 aliphatic heterocycles. The molecule has 0 atom stereocenters. The standard InChI is InChI=1S/C18H15N5O3S2/c1-9-10(2)28-18-15(9)17(19-11(3)20-18)27-8-14-21-22-16(26-14)12-4-6-13(7-5-12)23(24)25/h4-7H,8H2,1-3H3. The highest BCUT2D eigenvalue weighted by atomic mass is 32.2. The molecule has 8 nitrogen and oxygen atoms in total. The number of hydrogen-bond donors (Lipinski definition) is 0. The molecule has 142 valence electrons. The van der Waals surface area contributed by atoms with E-state index in [0.717, 1.165) is 21.1 Å². The van der Waals surface area contributed by atoms with Gasteiger partial charge in [0.15, 0.2) is 0 Å². The Morgan fingerprint density at radius 1 is 1.14 bits per heavy atom. The number of fused-ring (bicyclic) bond motifs is 1. The summed E-state index contributed by atoms with van der Waals surface area (Å²) in [5.74, 6) is 2.00. The van der Waals surface area contributed by atoms with Gasteiger partial charge in [-0.2, -0.15) is 0 Å². The summed E-state index contributed by atoms with van der Waals surface area (Å²) in [7, 11) is 0. The normalized spacial score (nSPS) is 11.2. The van der Waals surface area contributed by atoms with Gasteiger partial charge in [0.25, 0.3) is 5.69 Å². The number of aryl methyl sites for hydroxylation is 3. The third-order valence-corrected chi connectivity index (χ3v) is 6.29. The quantitative estimate of drug-likeness (QED) is 0.197. The molecule has 3 aromatic heterocycles. The molecule has 10 heteroatoms. The van der Waals surface area contributed by atoms with Crippen LogP contribution in [0.2, 0.25) is 0 Å². The molecule has 0 N–H and O–H groups in total. The number of benzene rings is 1. The van der Waals surface area contributed by atoms with Crippen molar-refractivity contribution in [1.29, 1.82) is 0 Å². The van der Waals surface area contributed by atoms with Crippen LogP contribution in [-0.4, -0.2) is 25.1 Å². The number of nitro groups is 1. The number of hydrogen-bond acceptors (Lipinski definition) is 9. The molecule has 0 aliphatic rings. The van der Waals surface area contributed by atoms with E-state index in [1.54, 1.807) is 23.5 Å². The SMILES string of the molecule is Cc1nc(SCc2nnc(-c3ccc([N+](=O)[O-])cc3)o2)c2c(C)c(C)sc2n1. The third-order valence-electron chi connectivity index (χ3n) is 4.23. The van der Waals surface area contributed by atoms with E-state index in [-0.39, 0.29) is 5.69 Å². The first-order chi connectivity index (χ1) is 13.4. The van der Waals surface area contributed by atoms with Gasteiger partial charge in [-0.1, -0.05) is 11.8 Å². The fraction of sp³-hybridized carbons (Fsp3) is 0.222. The number of rotatable bonds is 5. The van der Waals surface area contributed by atoms with Gasteiger partial charge in [-0.05, 0) is 38.5 Å². The average molecular weight is 413 g/mol. The maximum atomic E-state index is 10.8. The molecular weight excluding hydrogens is 398 g/mol. The van der Waals surface area contributed by atoms with Crippen molar-refractivity contribution in [2.75, 3.05) is 0 Å². The van der Waals surface area contributed by atoms with Gasteiger partial charge in [0.05, 0.1) is 10.7 Å². The molecule has 28 heavy (non-hydrogen) atoms. The Kier molecular flexibility index (Phi) is 4.82. The fourth-order valence-electron chi connectivity index (χ4n) is 2.70. The zero-order valence-corrected chi connectivity index (χ0v) is 16.9. The van der Waals surface area contributed by atoms with E-state index in [4.69, 9.17) is 4.42 Å². The van der Waals surface area contributed by atoms with Crippen molar-refractivity contribution in [2.45, 2.75) is 31.6 Å². The maximum Gasteiger partial charge on any atom is 0.269 e. The van der Waals surface area contributed by atoms with E-state index in [0.29, 0.717) is 23.1 Å². The Morgan fingerprint density at radius 2 is 1.89 bits per heavy atom. The number of nitrogens with zero attached hydrogens (tertiary/aromatic N) is 5. The molecule has 0 saturated carbocycles. The van der Waals surface area contributed by atoms with Crippen molar-refractivity contribution in [1.82, 2.24) is 20.2 Å². The van der Waals surface area contributed by atoms with Gasteiger partial charge in [-0.15, -0.1) is 21.5 Å². The Hall–Kier alpha value is -2.85. The summed E-state index contributed by atoms with van der Waals surface area (Å²) < 4.78 is 5.72. The monoisotopic (exact) mass is 413 g/mol. The first kappa shape index (κ1) is 18.5. The first-order valence-electron chi connectivity index (χ1n) is 8.36. The fourth-order valence-corrected chi connectivity index (χ4v) is 4.81. The topological polar surface area (TPSA) is 108 Å². The van der Waals surface area contributed by atoms with Crippen molar-refractivity contribution >= 4 is 39.0 Å². The molecule has 0 aliphatic carbocycles. The summed E-state index contributed by atoms with van der Waals surface area (Å²) >= 11 is 3.20. The van der Waals surface area contributed by atoms with Crippen molar-refractivity contribution in [3.8, 4) is 11.5 Å². The van der Waals surface area contributed by atoms with Crippen LogP contribution in [0.15, 0.2) is 33.7 Å². The minimum Gasteiger partial charge on any atom is -0.420 e. The largest absolute Gasteiger partial charge is 0.420 e. The van der Waals surface area contributed by atoms with Crippen LogP contribution in [0.25, 0.3) is 21.7 Å². The Balaban J connectivity index is 1.55. The molecular formula is C18H15N5O3S2. The highest BCUT2D eigenvalue weighted by Gasteiger charge is 2.16. The summed E-state index contributed by atoms with van der Waals surface area (Å²) in [6.45, 7) is 6.05. The number of nitro benzene ring substituents is 1. The average Bonchev–Trinajstić information content (AvgIpc) is 3.25. The van der Waals surface area contributed by atoms with Crippen LogP contribution >= 0.6 is 23.1 Å². The van der Waals surface area contributed by atoms with Crippen LogP contribution in [0.3, 0.4) is 0 Å². The van der Waals surface area contributed by atoms with Crippen LogP contribution in [0, 0.1) is 30.9 Å². The third kappa shape index (κ3) is 3.48. The Morgan fingerprint density at radius 3 is 2.61 bits per heavy atom. The van der Waals surface area contributed by atoms with Crippen LogP contribution in [0.4, 0.5) is 5.69 Å². The van der Waals surface area contributed by atoms with Crippen molar-refractivity contribution in [3.05, 3.63) is 56.5 Å². The predicted molar refractivity (Wildman–Crippen MR) is 108 cm³/mol. The molecule has 0 saturated heterocycles. The van der Waals surface area contributed by atoms with Gasteiger partial charge < -0.3 is 4.42 Å². The zero-order chi connectivity index (χ0) is 19.8. The minimum atomic E-state index is -0.446. The van der Waals surface area contributed by atoms with Gasteiger partial charge in [0, 0.05) is 28.0 Å². The van der Waals surface area contributed by atoms with Crippen LogP contribution in [0.5, 0.6) is 0 Å². The Labute approximate surface area is 168 Å². The minimum absolute atomic E-state index is 0.0172. The van der Waals surface area contributed by atoms with Gasteiger partial charge in [-0.3, -0.25) is 10.1 Å². The number of thioether (sulfide) groups is 1. The molecule has 0 radical (unpaired) electrons. The van der Waals surface area contributed by atoms with Gasteiger partial charge in [0.2, 0.25) is 11.8 Å². The summed E-state index contributed by atoms with van der Waals surface area (Å²) in [5, 5.41) is 20.9. The van der Waals surface area contributed by atoms with E-state index in [2.05, 4.69) is 34.0 Å². The number of thiophene rings is 1. The smallest absolute Gasteiger partial charge is 0.269 e. The Bertz CT molecular complexity index is 1180. The summed E-state index contributed by atoms with van der Waals surface area (Å²) in [6, 6.07) is 6.01. The summed E-state index contributed by atoms with van der Waals surface area (Å²) in [6.07, 6.45) is 0. The molecule has 0 bridgehead atoms. The van der Waals surface area contributed by atoms with E-state index >= 15 is 0 Å². The molecule has 0 amide bonds. The molecule has 0 fully saturated rings. The second-order valence-electron chi connectivity index (χ2n) is 6.13. The van der Waals surface area contributed by atoms with Gasteiger partial charge in [0.1, 0.15) is 15.7 Å². The van der Waals surface area contributed by atoms with Crippen molar-refractivity contribution in [3.63, 3.8) is 0 Å². The lowest BCUT2D eigenvalue weighted by atomic mass is 10.2. The maximum absolute atomic E-state index is 10.8. The van der Waals surface area contributed by atoms with Gasteiger partial charge in [-0.25, -0.2) is 9.97 Å². The van der Waals surface area contributed by atoms with Crippen LogP contribution in [-0.2, 0) is 5.75 Å². The second-order valence-corrected chi connectivity index (χ2v) is 8.30. The van der Waals surface area contributed by atoms with E-state index in [1.165, 1.54) is 34.3 Å². The zero-order valence-electron chi connectivity index (χ0n) is 15.3. The molecule has 0 unspecified atom stereocenters. The lowest BCUT2D eigenvalue weighted by Gasteiger charge is -2.03. The molecule has 3 heterocycles. The predicted octanol–water partition coefficient (Wildman–Crippen LogP) is 4.87. The lowest BCUT2D eigenvalue weighted by molar-refractivity contribution is -0.384.